The second kappa shape index (κ2) is 6.08. The summed E-state index contributed by atoms with van der Waals surface area (Å²) in [7, 11) is 1.78. The second-order valence-electron chi connectivity index (χ2n) is 5.71. The van der Waals surface area contributed by atoms with E-state index in [-0.39, 0.29) is 17.9 Å². The molecule has 1 aromatic heterocycles. The number of halogens is 1. The minimum Gasteiger partial charge on any atom is -0.360 e. The van der Waals surface area contributed by atoms with Crippen molar-refractivity contribution in [1.82, 2.24) is 14.8 Å². The number of nitrogens with zero attached hydrogens (tertiary/aromatic N) is 2. The second-order valence-corrected chi connectivity index (χ2v) is 6.12. The zero-order valence-electron chi connectivity index (χ0n) is 12.9. The zero-order chi connectivity index (χ0) is 16.6. The summed E-state index contributed by atoms with van der Waals surface area (Å²) < 4.78 is 0. The lowest BCUT2D eigenvalue weighted by Gasteiger charge is -2.25. The van der Waals surface area contributed by atoms with E-state index in [0.29, 0.717) is 23.7 Å². The molecule has 1 atom stereocenters. The smallest absolute Gasteiger partial charge is 0.256 e. The third-order valence-corrected chi connectivity index (χ3v) is 4.75. The number of carbonyl (C=O) groups is 2. The summed E-state index contributed by atoms with van der Waals surface area (Å²) in [6.45, 7) is 4.69. The number of hydrogen-bond acceptors (Lipinski definition) is 2. The van der Waals surface area contributed by atoms with E-state index in [0.717, 1.165) is 17.3 Å². The van der Waals surface area contributed by atoms with Gasteiger partial charge in [-0.05, 0) is 30.7 Å². The molecule has 1 N–H and O–H groups in total. The fourth-order valence-corrected chi connectivity index (χ4v) is 3.26. The van der Waals surface area contributed by atoms with Crippen LogP contribution in [0.1, 0.15) is 16.8 Å². The van der Waals surface area contributed by atoms with Gasteiger partial charge >= 0.3 is 0 Å². The first-order valence-corrected chi connectivity index (χ1v) is 7.85. The average molecular weight is 332 g/mol. The quantitative estimate of drug-likeness (QED) is 0.879. The topological polar surface area (TPSA) is 56.4 Å². The summed E-state index contributed by atoms with van der Waals surface area (Å²) in [6.07, 6.45) is 3.85. The number of fused-ring (bicyclic) bond motifs is 1. The van der Waals surface area contributed by atoms with E-state index in [1.165, 1.54) is 6.08 Å². The maximum Gasteiger partial charge on any atom is 0.256 e. The van der Waals surface area contributed by atoms with Crippen molar-refractivity contribution in [3.8, 4) is 0 Å². The highest BCUT2D eigenvalue weighted by molar-refractivity contribution is 6.36. The Kier molecular flexibility index (Phi) is 4.13. The van der Waals surface area contributed by atoms with Crippen molar-refractivity contribution >= 4 is 34.3 Å². The lowest BCUT2D eigenvalue weighted by molar-refractivity contribution is -0.125. The number of likely N-dealkylation sites (tertiary alicyclic amines) is 1. The van der Waals surface area contributed by atoms with E-state index in [2.05, 4.69) is 11.6 Å². The molecule has 120 valence electrons. The van der Waals surface area contributed by atoms with Gasteiger partial charge in [0.25, 0.3) is 5.91 Å². The standard InChI is InChI=1S/C17H18ClN3O2/c1-3-15(22)21-9-7-11(10-21)20(2)17(23)13-4-5-14(18)12-6-8-19-16(12)13/h3-6,8,11,19H,1,7,9-10H2,2H3/t11-/m0/s1. The summed E-state index contributed by atoms with van der Waals surface area (Å²) in [5.74, 6) is -0.168. The average Bonchev–Trinajstić information content (AvgIpc) is 3.23. The number of amides is 2. The molecule has 1 aliphatic heterocycles. The zero-order valence-corrected chi connectivity index (χ0v) is 13.6. The van der Waals surface area contributed by atoms with Gasteiger partial charge in [-0.15, -0.1) is 0 Å². The van der Waals surface area contributed by atoms with E-state index in [4.69, 9.17) is 11.6 Å². The van der Waals surface area contributed by atoms with E-state index >= 15 is 0 Å². The number of hydrogen-bond donors (Lipinski definition) is 1. The molecule has 1 aliphatic rings. The van der Waals surface area contributed by atoms with E-state index in [1.807, 2.05) is 6.07 Å². The molecule has 0 radical (unpaired) electrons. The first-order chi connectivity index (χ1) is 11.0. The molecule has 1 saturated heterocycles. The van der Waals surface area contributed by atoms with Crippen LogP contribution in [0.2, 0.25) is 5.02 Å². The van der Waals surface area contributed by atoms with Crippen LogP contribution in [-0.4, -0.2) is 52.8 Å². The van der Waals surface area contributed by atoms with Gasteiger partial charge in [0.05, 0.1) is 17.1 Å². The van der Waals surface area contributed by atoms with Gasteiger partial charge in [0.2, 0.25) is 5.91 Å². The summed E-state index contributed by atoms with van der Waals surface area (Å²) in [6, 6.07) is 5.34. The normalized spacial score (nSPS) is 17.5. The number of carbonyl (C=O) groups excluding carboxylic acids is 2. The van der Waals surface area contributed by atoms with Crippen molar-refractivity contribution in [2.75, 3.05) is 20.1 Å². The number of benzene rings is 1. The molecule has 0 spiro atoms. The lowest BCUT2D eigenvalue weighted by atomic mass is 10.1. The largest absolute Gasteiger partial charge is 0.360 e. The lowest BCUT2D eigenvalue weighted by Crippen LogP contribution is -2.39. The first kappa shape index (κ1) is 15.6. The van der Waals surface area contributed by atoms with Crippen molar-refractivity contribution in [2.24, 2.45) is 0 Å². The van der Waals surface area contributed by atoms with Crippen LogP contribution in [0.25, 0.3) is 10.9 Å². The minimum absolute atomic E-state index is 0.00657. The van der Waals surface area contributed by atoms with Crippen LogP contribution in [0.5, 0.6) is 0 Å². The molecule has 0 saturated carbocycles. The van der Waals surface area contributed by atoms with Gasteiger partial charge in [-0.2, -0.15) is 0 Å². The summed E-state index contributed by atoms with van der Waals surface area (Å²) >= 11 is 6.15. The molecule has 6 heteroatoms. The third-order valence-electron chi connectivity index (χ3n) is 4.42. The van der Waals surface area contributed by atoms with Gasteiger partial charge in [0.1, 0.15) is 0 Å². The van der Waals surface area contributed by atoms with Crippen LogP contribution < -0.4 is 0 Å². The van der Waals surface area contributed by atoms with Crippen LogP contribution in [0.3, 0.4) is 0 Å². The molecule has 23 heavy (non-hydrogen) atoms. The summed E-state index contributed by atoms with van der Waals surface area (Å²) in [5.41, 5.74) is 1.33. The van der Waals surface area contributed by atoms with Gasteiger partial charge < -0.3 is 14.8 Å². The number of rotatable bonds is 3. The summed E-state index contributed by atoms with van der Waals surface area (Å²) in [5, 5.41) is 1.45. The van der Waals surface area contributed by atoms with Crippen molar-refractivity contribution in [3.63, 3.8) is 0 Å². The molecule has 2 aromatic rings. The van der Waals surface area contributed by atoms with Crippen molar-refractivity contribution in [2.45, 2.75) is 12.5 Å². The highest BCUT2D eigenvalue weighted by Crippen LogP contribution is 2.27. The summed E-state index contributed by atoms with van der Waals surface area (Å²) in [4.78, 5) is 31.0. The van der Waals surface area contributed by atoms with Gasteiger partial charge in [0.15, 0.2) is 0 Å². The number of aromatic nitrogens is 1. The Balaban J connectivity index is 1.82. The van der Waals surface area contributed by atoms with Crippen molar-refractivity contribution in [3.05, 3.63) is 47.6 Å². The van der Waals surface area contributed by atoms with Crippen LogP contribution in [0.4, 0.5) is 0 Å². The molecule has 1 aromatic carbocycles. The molecule has 0 aliphatic carbocycles. The molecule has 2 heterocycles. The molecule has 3 rings (SSSR count). The van der Waals surface area contributed by atoms with Gasteiger partial charge in [-0.25, -0.2) is 0 Å². The molecular formula is C17H18ClN3O2. The number of nitrogens with one attached hydrogen (secondary N) is 1. The third kappa shape index (κ3) is 2.72. The highest BCUT2D eigenvalue weighted by Gasteiger charge is 2.31. The Morgan fingerprint density at radius 2 is 2.22 bits per heavy atom. The number of H-pyrrole nitrogens is 1. The minimum atomic E-state index is -0.0911. The Morgan fingerprint density at radius 1 is 1.43 bits per heavy atom. The predicted octanol–water partition coefficient (Wildman–Crippen LogP) is 2.68. The van der Waals surface area contributed by atoms with Gasteiger partial charge in [0, 0.05) is 36.7 Å². The van der Waals surface area contributed by atoms with Gasteiger partial charge in [-0.1, -0.05) is 18.2 Å². The van der Waals surface area contributed by atoms with Crippen LogP contribution in [-0.2, 0) is 4.79 Å². The number of likely N-dealkylation sites (N-methyl/N-ethyl adjacent to an activating group) is 1. The molecule has 1 fully saturated rings. The predicted molar refractivity (Wildman–Crippen MR) is 90.6 cm³/mol. The first-order valence-electron chi connectivity index (χ1n) is 7.47. The molecule has 5 nitrogen and oxygen atoms in total. The SMILES string of the molecule is C=CC(=O)N1CC[C@H](N(C)C(=O)c2ccc(Cl)c3cc[nH]c23)C1. The van der Waals surface area contributed by atoms with Crippen LogP contribution in [0, 0.1) is 0 Å². The fourth-order valence-electron chi connectivity index (χ4n) is 3.04. The fraction of sp³-hybridized carbons (Fsp3) is 0.294. The van der Waals surface area contributed by atoms with Crippen LogP contribution >= 0.6 is 11.6 Å². The van der Waals surface area contributed by atoms with Gasteiger partial charge in [-0.3, -0.25) is 9.59 Å². The Labute approximate surface area is 139 Å². The van der Waals surface area contributed by atoms with Crippen molar-refractivity contribution < 1.29 is 9.59 Å². The van der Waals surface area contributed by atoms with Crippen LogP contribution in [0.15, 0.2) is 37.1 Å². The van der Waals surface area contributed by atoms with E-state index in [1.54, 1.807) is 35.2 Å². The van der Waals surface area contributed by atoms with E-state index < -0.39 is 0 Å². The molecule has 0 unspecified atom stereocenters. The highest BCUT2D eigenvalue weighted by atomic mass is 35.5. The Morgan fingerprint density at radius 3 is 2.96 bits per heavy atom. The Bertz CT molecular complexity index is 783. The maximum atomic E-state index is 12.8. The number of aromatic amines is 1. The van der Waals surface area contributed by atoms with Crippen molar-refractivity contribution in [1.29, 1.82) is 0 Å². The molecular weight excluding hydrogens is 314 g/mol. The maximum absolute atomic E-state index is 12.8. The molecule has 0 bridgehead atoms. The monoisotopic (exact) mass is 331 g/mol. The molecule has 2 amide bonds. The van der Waals surface area contributed by atoms with E-state index in [9.17, 15) is 9.59 Å². The Hall–Kier alpha value is -2.27.